The largest absolute Gasteiger partial charge is 0.478 e. The van der Waals surface area contributed by atoms with Gasteiger partial charge in [0, 0.05) is 18.8 Å². The molecule has 0 atom stereocenters. The Morgan fingerprint density at radius 3 is 2.67 bits per heavy atom. The average Bonchev–Trinajstić information content (AvgIpc) is 2.99. The summed E-state index contributed by atoms with van der Waals surface area (Å²) in [5.41, 5.74) is 0.929. The lowest BCUT2D eigenvalue weighted by Crippen LogP contribution is -2.33. The van der Waals surface area contributed by atoms with Crippen LogP contribution >= 0.6 is 0 Å². The molecule has 2 N–H and O–H groups in total. The monoisotopic (exact) mass is 291 g/mol. The number of hydrogen-bond donors (Lipinski definition) is 2. The van der Waals surface area contributed by atoms with Gasteiger partial charge in [-0.2, -0.15) is 0 Å². The highest BCUT2D eigenvalue weighted by atomic mass is 16.4. The van der Waals surface area contributed by atoms with E-state index >= 15 is 0 Å². The van der Waals surface area contributed by atoms with Crippen molar-refractivity contribution in [3.8, 4) is 0 Å². The van der Waals surface area contributed by atoms with Crippen LogP contribution in [0.2, 0.25) is 0 Å². The van der Waals surface area contributed by atoms with Crippen LogP contribution in [0.5, 0.6) is 0 Å². The number of anilines is 1. The van der Waals surface area contributed by atoms with Gasteiger partial charge in [0.05, 0.1) is 12.1 Å². The fourth-order valence-corrected chi connectivity index (χ4v) is 2.43. The topological polar surface area (TPSA) is 82.5 Å². The SMILES string of the molecule is CCCc1cc(C(=O)O)cc(NCC(=O)N2CCCC2)n1. The standard InChI is InChI=1S/C15H21N3O3/c1-2-5-12-8-11(15(20)21)9-13(17-12)16-10-14(19)18-6-3-4-7-18/h8-9H,2-7,10H2,1H3,(H,16,17)(H,20,21). The molecule has 114 valence electrons. The van der Waals surface area contributed by atoms with Gasteiger partial charge in [0.25, 0.3) is 0 Å². The van der Waals surface area contributed by atoms with Gasteiger partial charge in [-0.25, -0.2) is 9.78 Å². The van der Waals surface area contributed by atoms with Crippen molar-refractivity contribution in [1.82, 2.24) is 9.88 Å². The second kappa shape index (κ2) is 7.06. The Labute approximate surface area is 124 Å². The Balaban J connectivity index is 2.03. The van der Waals surface area contributed by atoms with E-state index in [2.05, 4.69) is 10.3 Å². The predicted octanol–water partition coefficient (Wildman–Crippen LogP) is 1.77. The molecule has 0 aliphatic carbocycles. The lowest BCUT2D eigenvalue weighted by atomic mass is 10.1. The summed E-state index contributed by atoms with van der Waals surface area (Å²) in [6.07, 6.45) is 3.72. The van der Waals surface area contributed by atoms with Crippen LogP contribution in [0.4, 0.5) is 5.82 Å². The van der Waals surface area contributed by atoms with E-state index < -0.39 is 5.97 Å². The summed E-state index contributed by atoms with van der Waals surface area (Å²) in [7, 11) is 0. The van der Waals surface area contributed by atoms with Crippen molar-refractivity contribution in [3.63, 3.8) is 0 Å². The Hall–Kier alpha value is -2.11. The summed E-state index contributed by atoms with van der Waals surface area (Å²) in [5.74, 6) is -0.498. The van der Waals surface area contributed by atoms with Gasteiger partial charge in [-0.05, 0) is 31.4 Å². The number of carbonyl (C=O) groups excluding carboxylic acids is 1. The molecule has 0 spiro atoms. The first-order chi connectivity index (χ1) is 10.1. The molecule has 6 heteroatoms. The second-order valence-electron chi connectivity index (χ2n) is 5.23. The van der Waals surface area contributed by atoms with Crippen molar-refractivity contribution in [2.45, 2.75) is 32.6 Å². The van der Waals surface area contributed by atoms with Gasteiger partial charge in [-0.1, -0.05) is 13.3 Å². The van der Waals surface area contributed by atoms with E-state index in [1.807, 2.05) is 11.8 Å². The predicted molar refractivity (Wildman–Crippen MR) is 79.5 cm³/mol. The molecule has 6 nitrogen and oxygen atoms in total. The fourth-order valence-electron chi connectivity index (χ4n) is 2.43. The summed E-state index contributed by atoms with van der Waals surface area (Å²) < 4.78 is 0. The summed E-state index contributed by atoms with van der Waals surface area (Å²) >= 11 is 0. The first-order valence-corrected chi connectivity index (χ1v) is 7.36. The maximum atomic E-state index is 12.0. The molecule has 2 rings (SSSR count). The van der Waals surface area contributed by atoms with Crippen molar-refractivity contribution in [3.05, 3.63) is 23.4 Å². The van der Waals surface area contributed by atoms with Gasteiger partial charge in [0.1, 0.15) is 5.82 Å². The third-order valence-electron chi connectivity index (χ3n) is 3.51. The van der Waals surface area contributed by atoms with Crippen LogP contribution in [0.15, 0.2) is 12.1 Å². The Bertz CT molecular complexity index is 525. The molecular weight excluding hydrogens is 270 g/mol. The van der Waals surface area contributed by atoms with Gasteiger partial charge < -0.3 is 15.3 Å². The van der Waals surface area contributed by atoms with Crippen molar-refractivity contribution < 1.29 is 14.7 Å². The van der Waals surface area contributed by atoms with Gasteiger partial charge in [-0.15, -0.1) is 0 Å². The minimum Gasteiger partial charge on any atom is -0.478 e. The minimum atomic E-state index is -0.983. The number of carboxylic acids is 1. The molecule has 1 aromatic heterocycles. The van der Waals surface area contributed by atoms with E-state index in [1.54, 1.807) is 6.07 Å². The molecule has 1 aliphatic rings. The Morgan fingerprint density at radius 2 is 2.05 bits per heavy atom. The minimum absolute atomic E-state index is 0.0343. The normalized spacial score (nSPS) is 14.2. The highest BCUT2D eigenvalue weighted by Crippen LogP contribution is 2.13. The van der Waals surface area contributed by atoms with Crippen LogP contribution in [-0.2, 0) is 11.2 Å². The zero-order valence-electron chi connectivity index (χ0n) is 12.3. The Kier molecular flexibility index (Phi) is 5.14. The number of aromatic nitrogens is 1. The number of pyridine rings is 1. The van der Waals surface area contributed by atoms with Crippen LogP contribution in [-0.4, -0.2) is 46.5 Å². The number of aromatic carboxylic acids is 1. The van der Waals surface area contributed by atoms with E-state index in [4.69, 9.17) is 5.11 Å². The van der Waals surface area contributed by atoms with E-state index in [9.17, 15) is 9.59 Å². The molecule has 1 aliphatic heterocycles. The van der Waals surface area contributed by atoms with Crippen LogP contribution in [0.1, 0.15) is 42.2 Å². The third-order valence-corrected chi connectivity index (χ3v) is 3.51. The van der Waals surface area contributed by atoms with Crippen molar-refractivity contribution in [2.24, 2.45) is 0 Å². The third kappa shape index (κ3) is 4.18. The summed E-state index contributed by atoms with van der Waals surface area (Å²) in [6, 6.07) is 3.05. The van der Waals surface area contributed by atoms with Crippen molar-refractivity contribution in [1.29, 1.82) is 0 Å². The van der Waals surface area contributed by atoms with Gasteiger partial charge >= 0.3 is 5.97 Å². The van der Waals surface area contributed by atoms with Crippen LogP contribution in [0, 0.1) is 0 Å². The maximum absolute atomic E-state index is 12.0. The number of amides is 1. The lowest BCUT2D eigenvalue weighted by molar-refractivity contribution is -0.128. The van der Waals surface area contributed by atoms with Gasteiger partial charge in [-0.3, -0.25) is 4.79 Å². The molecule has 1 aromatic rings. The van der Waals surface area contributed by atoms with Crippen LogP contribution < -0.4 is 5.32 Å². The zero-order valence-corrected chi connectivity index (χ0v) is 12.3. The average molecular weight is 291 g/mol. The van der Waals surface area contributed by atoms with E-state index in [0.29, 0.717) is 5.82 Å². The van der Waals surface area contributed by atoms with E-state index in [0.717, 1.165) is 44.5 Å². The number of carboxylic acid groups (broad SMARTS) is 1. The van der Waals surface area contributed by atoms with Crippen LogP contribution in [0.3, 0.4) is 0 Å². The van der Waals surface area contributed by atoms with Crippen molar-refractivity contribution >= 4 is 17.7 Å². The summed E-state index contributed by atoms with van der Waals surface area (Å²) in [6.45, 7) is 3.79. The first-order valence-electron chi connectivity index (χ1n) is 7.36. The van der Waals surface area contributed by atoms with E-state index in [1.165, 1.54) is 6.07 Å². The molecular formula is C15H21N3O3. The number of carbonyl (C=O) groups is 2. The van der Waals surface area contributed by atoms with Crippen LogP contribution in [0.25, 0.3) is 0 Å². The molecule has 0 saturated carbocycles. The summed E-state index contributed by atoms with van der Waals surface area (Å²) in [5, 5.41) is 12.1. The molecule has 1 amide bonds. The first kappa shape index (κ1) is 15.3. The summed E-state index contributed by atoms with van der Waals surface area (Å²) in [4.78, 5) is 29.3. The van der Waals surface area contributed by atoms with Gasteiger partial charge in [0.2, 0.25) is 5.91 Å². The van der Waals surface area contributed by atoms with Gasteiger partial charge in [0.15, 0.2) is 0 Å². The molecule has 0 bridgehead atoms. The van der Waals surface area contributed by atoms with Crippen molar-refractivity contribution in [2.75, 3.05) is 25.0 Å². The highest BCUT2D eigenvalue weighted by Gasteiger charge is 2.17. The fraction of sp³-hybridized carbons (Fsp3) is 0.533. The number of rotatable bonds is 6. The molecule has 1 saturated heterocycles. The molecule has 21 heavy (non-hydrogen) atoms. The zero-order chi connectivity index (χ0) is 15.2. The highest BCUT2D eigenvalue weighted by molar-refractivity contribution is 5.89. The lowest BCUT2D eigenvalue weighted by Gasteiger charge is -2.16. The number of nitrogens with zero attached hydrogens (tertiary/aromatic N) is 2. The quantitative estimate of drug-likeness (QED) is 0.834. The molecule has 2 heterocycles. The number of aryl methyl sites for hydroxylation is 1. The number of nitrogens with one attached hydrogen (secondary N) is 1. The Morgan fingerprint density at radius 1 is 1.33 bits per heavy atom. The number of likely N-dealkylation sites (tertiary alicyclic amines) is 1. The number of hydrogen-bond acceptors (Lipinski definition) is 4. The molecule has 0 aromatic carbocycles. The molecule has 1 fully saturated rings. The molecule has 0 radical (unpaired) electrons. The smallest absolute Gasteiger partial charge is 0.335 e. The van der Waals surface area contributed by atoms with E-state index in [-0.39, 0.29) is 18.0 Å². The second-order valence-corrected chi connectivity index (χ2v) is 5.23. The molecule has 0 unspecified atom stereocenters. The maximum Gasteiger partial charge on any atom is 0.335 e.